The molecule has 20 heavy (non-hydrogen) atoms. The minimum atomic E-state index is 0.447. The fraction of sp³-hybridized carbons (Fsp3) is 0.867. The number of hydrogen-bond donors (Lipinski definition) is 2. The molecule has 5 nitrogen and oxygen atoms in total. The van der Waals surface area contributed by atoms with Crippen molar-refractivity contribution in [1.29, 1.82) is 0 Å². The maximum atomic E-state index is 5.63. The lowest BCUT2D eigenvalue weighted by atomic mass is 9.64. The van der Waals surface area contributed by atoms with Crippen LogP contribution in [-0.4, -0.2) is 23.3 Å². The van der Waals surface area contributed by atoms with Gasteiger partial charge in [-0.25, -0.2) is 0 Å². The molecule has 0 atom stereocenters. The molecule has 1 fully saturated rings. The average Bonchev–Trinajstić information content (AvgIpc) is 2.80. The largest absolute Gasteiger partial charge is 0.408 e. The fourth-order valence-electron chi connectivity index (χ4n) is 3.11. The number of aromatic nitrogens is 2. The van der Waals surface area contributed by atoms with Crippen LogP contribution < -0.4 is 11.1 Å². The second kappa shape index (κ2) is 7.07. The van der Waals surface area contributed by atoms with Gasteiger partial charge >= 0.3 is 6.01 Å². The normalized spacial score (nSPS) is 17.2. The zero-order valence-electron chi connectivity index (χ0n) is 12.8. The van der Waals surface area contributed by atoms with Gasteiger partial charge in [-0.2, -0.15) is 0 Å². The molecule has 0 spiro atoms. The first-order valence-electron chi connectivity index (χ1n) is 7.90. The van der Waals surface area contributed by atoms with Crippen LogP contribution in [0.3, 0.4) is 0 Å². The predicted octanol–water partition coefficient (Wildman–Crippen LogP) is 2.98. The van der Waals surface area contributed by atoms with Crippen LogP contribution in [0.2, 0.25) is 0 Å². The highest BCUT2D eigenvalue weighted by Crippen LogP contribution is 2.45. The van der Waals surface area contributed by atoms with E-state index in [0.717, 1.165) is 38.3 Å². The van der Waals surface area contributed by atoms with Gasteiger partial charge in [0, 0.05) is 13.0 Å². The van der Waals surface area contributed by atoms with Crippen LogP contribution in [0.4, 0.5) is 6.01 Å². The first-order valence-corrected chi connectivity index (χ1v) is 7.90. The van der Waals surface area contributed by atoms with E-state index in [1.165, 1.54) is 25.7 Å². The number of aryl methyl sites for hydroxylation is 1. The van der Waals surface area contributed by atoms with Gasteiger partial charge in [0.1, 0.15) is 0 Å². The Morgan fingerprint density at radius 3 is 2.70 bits per heavy atom. The SMILES string of the molecule is CC(C)CC1(CNc2nnc(CCCCN)o2)CCC1. The second-order valence-corrected chi connectivity index (χ2v) is 6.55. The molecule has 0 amide bonds. The van der Waals surface area contributed by atoms with E-state index in [9.17, 15) is 0 Å². The third kappa shape index (κ3) is 4.20. The molecule has 1 heterocycles. The Hall–Kier alpha value is -1.10. The summed E-state index contributed by atoms with van der Waals surface area (Å²) in [6.45, 7) is 6.26. The predicted molar refractivity (Wildman–Crippen MR) is 80.5 cm³/mol. The molecule has 0 saturated heterocycles. The van der Waals surface area contributed by atoms with E-state index < -0.39 is 0 Å². The molecule has 1 aromatic heterocycles. The summed E-state index contributed by atoms with van der Waals surface area (Å²) in [6, 6.07) is 0.572. The molecule has 114 valence electrons. The topological polar surface area (TPSA) is 77.0 Å². The van der Waals surface area contributed by atoms with Crippen molar-refractivity contribution in [3.8, 4) is 0 Å². The average molecular weight is 280 g/mol. The Kier molecular flexibility index (Phi) is 5.40. The lowest BCUT2D eigenvalue weighted by Crippen LogP contribution is -2.37. The van der Waals surface area contributed by atoms with Gasteiger partial charge in [-0.3, -0.25) is 0 Å². The van der Waals surface area contributed by atoms with Crippen LogP contribution in [0.5, 0.6) is 0 Å². The number of nitrogens with zero attached hydrogens (tertiary/aromatic N) is 2. The van der Waals surface area contributed by atoms with E-state index in [2.05, 4.69) is 29.4 Å². The van der Waals surface area contributed by atoms with E-state index in [-0.39, 0.29) is 0 Å². The minimum absolute atomic E-state index is 0.447. The second-order valence-electron chi connectivity index (χ2n) is 6.55. The quantitative estimate of drug-likeness (QED) is 0.680. The highest BCUT2D eigenvalue weighted by Gasteiger charge is 2.37. The molecule has 0 aliphatic heterocycles. The molecule has 0 unspecified atom stereocenters. The van der Waals surface area contributed by atoms with Gasteiger partial charge < -0.3 is 15.5 Å². The molecule has 5 heteroatoms. The van der Waals surface area contributed by atoms with E-state index >= 15 is 0 Å². The molecule has 3 N–H and O–H groups in total. The van der Waals surface area contributed by atoms with Crippen LogP contribution in [0, 0.1) is 11.3 Å². The van der Waals surface area contributed by atoms with Crippen LogP contribution in [0.1, 0.15) is 58.3 Å². The summed E-state index contributed by atoms with van der Waals surface area (Å²) in [5.74, 6) is 1.46. The highest BCUT2D eigenvalue weighted by molar-refractivity contribution is 5.18. The van der Waals surface area contributed by atoms with Gasteiger partial charge in [-0.15, -0.1) is 5.10 Å². The Morgan fingerprint density at radius 1 is 1.30 bits per heavy atom. The van der Waals surface area contributed by atoms with E-state index in [1.54, 1.807) is 0 Å². The fourth-order valence-corrected chi connectivity index (χ4v) is 3.11. The molecule has 0 aromatic carbocycles. The van der Waals surface area contributed by atoms with Gasteiger partial charge in [0.15, 0.2) is 0 Å². The Balaban J connectivity index is 1.78. The van der Waals surface area contributed by atoms with Gasteiger partial charge in [-0.05, 0) is 50.0 Å². The van der Waals surface area contributed by atoms with Gasteiger partial charge in [0.2, 0.25) is 5.89 Å². The number of nitrogens with one attached hydrogen (secondary N) is 1. The number of hydrogen-bond acceptors (Lipinski definition) is 5. The van der Waals surface area contributed by atoms with Crippen LogP contribution in [0.15, 0.2) is 4.42 Å². The van der Waals surface area contributed by atoms with Crippen LogP contribution >= 0.6 is 0 Å². The Labute approximate surface area is 121 Å². The number of anilines is 1. The monoisotopic (exact) mass is 280 g/mol. The molecule has 1 aliphatic carbocycles. The van der Waals surface area contributed by atoms with E-state index in [1.807, 2.05) is 0 Å². The van der Waals surface area contributed by atoms with Gasteiger partial charge in [-0.1, -0.05) is 25.4 Å². The maximum absolute atomic E-state index is 5.63. The molecule has 0 bridgehead atoms. The molecular formula is C15H28N4O. The van der Waals surface area contributed by atoms with Gasteiger partial charge in [0.05, 0.1) is 0 Å². The summed E-state index contributed by atoms with van der Waals surface area (Å²) in [4.78, 5) is 0. The zero-order chi connectivity index (χ0) is 14.4. The minimum Gasteiger partial charge on any atom is -0.408 e. The van der Waals surface area contributed by atoms with Gasteiger partial charge in [0.25, 0.3) is 0 Å². The summed E-state index contributed by atoms with van der Waals surface area (Å²) < 4.78 is 5.63. The van der Waals surface area contributed by atoms with Crippen LogP contribution in [0.25, 0.3) is 0 Å². The van der Waals surface area contributed by atoms with Crippen molar-refractivity contribution in [2.24, 2.45) is 17.1 Å². The van der Waals surface area contributed by atoms with Crippen molar-refractivity contribution in [1.82, 2.24) is 10.2 Å². The summed E-state index contributed by atoms with van der Waals surface area (Å²) in [5, 5.41) is 11.5. The molecule has 1 saturated carbocycles. The van der Waals surface area contributed by atoms with Crippen molar-refractivity contribution in [3.05, 3.63) is 5.89 Å². The number of nitrogens with two attached hydrogens (primary N) is 1. The third-order valence-corrected chi connectivity index (χ3v) is 4.18. The van der Waals surface area contributed by atoms with Crippen molar-refractivity contribution in [3.63, 3.8) is 0 Å². The van der Waals surface area contributed by atoms with Crippen molar-refractivity contribution in [2.45, 2.75) is 58.8 Å². The van der Waals surface area contributed by atoms with Crippen molar-refractivity contribution < 1.29 is 4.42 Å². The molecule has 2 rings (SSSR count). The molecule has 1 aliphatic rings. The first-order chi connectivity index (χ1) is 9.63. The maximum Gasteiger partial charge on any atom is 0.315 e. The Bertz CT molecular complexity index is 398. The lowest BCUT2D eigenvalue weighted by Gasteiger charge is -2.43. The lowest BCUT2D eigenvalue weighted by molar-refractivity contribution is 0.116. The first kappa shape index (κ1) is 15.3. The third-order valence-electron chi connectivity index (χ3n) is 4.18. The molecule has 1 aromatic rings. The van der Waals surface area contributed by atoms with E-state index in [4.69, 9.17) is 10.2 Å². The van der Waals surface area contributed by atoms with Crippen molar-refractivity contribution in [2.75, 3.05) is 18.4 Å². The molecular weight excluding hydrogens is 252 g/mol. The van der Waals surface area contributed by atoms with E-state index in [0.29, 0.717) is 17.3 Å². The smallest absolute Gasteiger partial charge is 0.315 e. The Morgan fingerprint density at radius 2 is 2.10 bits per heavy atom. The van der Waals surface area contributed by atoms with Crippen LogP contribution in [-0.2, 0) is 6.42 Å². The zero-order valence-corrected chi connectivity index (χ0v) is 12.8. The summed E-state index contributed by atoms with van der Waals surface area (Å²) in [5.41, 5.74) is 5.92. The van der Waals surface area contributed by atoms with Crippen molar-refractivity contribution >= 4 is 6.01 Å². The number of rotatable bonds is 9. The summed E-state index contributed by atoms with van der Waals surface area (Å²) in [7, 11) is 0. The number of unbranched alkanes of at least 4 members (excludes halogenated alkanes) is 1. The molecule has 0 radical (unpaired) electrons. The summed E-state index contributed by atoms with van der Waals surface area (Å²) in [6.07, 6.45) is 8.09. The highest BCUT2D eigenvalue weighted by atomic mass is 16.4. The summed E-state index contributed by atoms with van der Waals surface area (Å²) >= 11 is 0. The standard InChI is InChI=1S/C15H28N4O/c1-12(2)10-15(7-5-8-15)11-17-14-19-18-13(20-14)6-3-4-9-16/h12H,3-11,16H2,1-2H3,(H,17,19).